The molecule has 1 fully saturated rings. The zero-order valence-corrected chi connectivity index (χ0v) is 10.0. The van der Waals surface area contributed by atoms with Gasteiger partial charge in [-0.2, -0.15) is 0 Å². The Bertz CT molecular complexity index is 496. The maximum Gasteiger partial charge on any atom is 0.0824 e. The van der Waals surface area contributed by atoms with E-state index in [-0.39, 0.29) is 6.10 Å². The number of aliphatic hydroxyl groups excluding tert-OH is 1. The Morgan fingerprint density at radius 1 is 1.12 bits per heavy atom. The molecule has 1 unspecified atom stereocenters. The lowest BCUT2D eigenvalue weighted by atomic mass is 9.82. The second-order valence-electron chi connectivity index (χ2n) is 5.13. The van der Waals surface area contributed by atoms with Crippen molar-refractivity contribution in [1.82, 2.24) is 4.98 Å². The summed E-state index contributed by atoms with van der Waals surface area (Å²) < 4.78 is 0. The molecule has 2 N–H and O–H groups in total. The van der Waals surface area contributed by atoms with Crippen LogP contribution >= 0.6 is 0 Å². The average molecular weight is 229 g/mol. The molecule has 2 aromatic rings. The SMILES string of the molecule is OC(c1cccc2[nH]ccc12)C1CCCCC1. The number of H-pyrrole nitrogens is 1. The topological polar surface area (TPSA) is 36.0 Å². The number of hydrogen-bond donors (Lipinski definition) is 2. The molecular weight excluding hydrogens is 210 g/mol. The fraction of sp³-hybridized carbons (Fsp3) is 0.467. The molecule has 1 aliphatic rings. The second kappa shape index (κ2) is 4.53. The molecular formula is C15H19NO. The van der Waals surface area contributed by atoms with Gasteiger partial charge in [-0.25, -0.2) is 0 Å². The monoisotopic (exact) mass is 229 g/mol. The van der Waals surface area contributed by atoms with Gasteiger partial charge in [0.05, 0.1) is 6.10 Å². The fourth-order valence-corrected chi connectivity index (χ4v) is 3.07. The quantitative estimate of drug-likeness (QED) is 0.807. The highest BCUT2D eigenvalue weighted by Gasteiger charge is 2.24. The average Bonchev–Trinajstić information content (AvgIpc) is 2.87. The predicted molar refractivity (Wildman–Crippen MR) is 69.8 cm³/mol. The van der Waals surface area contributed by atoms with Crippen LogP contribution in [0.25, 0.3) is 10.9 Å². The molecule has 0 aliphatic heterocycles. The second-order valence-corrected chi connectivity index (χ2v) is 5.13. The number of fused-ring (bicyclic) bond motifs is 1. The van der Waals surface area contributed by atoms with E-state index in [4.69, 9.17) is 0 Å². The Labute approximate surface area is 102 Å². The van der Waals surface area contributed by atoms with Crippen molar-refractivity contribution in [2.75, 3.05) is 0 Å². The molecule has 0 amide bonds. The maximum atomic E-state index is 10.5. The van der Waals surface area contributed by atoms with E-state index < -0.39 is 0 Å². The minimum Gasteiger partial charge on any atom is -0.388 e. The maximum absolute atomic E-state index is 10.5. The first-order valence-corrected chi connectivity index (χ1v) is 6.60. The van der Waals surface area contributed by atoms with Gasteiger partial charge in [0.1, 0.15) is 0 Å². The van der Waals surface area contributed by atoms with E-state index in [2.05, 4.69) is 23.2 Å². The van der Waals surface area contributed by atoms with Crippen molar-refractivity contribution in [3.05, 3.63) is 36.0 Å². The highest BCUT2D eigenvalue weighted by Crippen LogP contribution is 2.36. The molecule has 0 radical (unpaired) electrons. The van der Waals surface area contributed by atoms with Crippen LogP contribution in [0.15, 0.2) is 30.5 Å². The Morgan fingerprint density at radius 2 is 1.94 bits per heavy atom. The first-order valence-electron chi connectivity index (χ1n) is 6.60. The summed E-state index contributed by atoms with van der Waals surface area (Å²) in [5.41, 5.74) is 2.22. The highest BCUT2D eigenvalue weighted by atomic mass is 16.3. The van der Waals surface area contributed by atoms with Crippen molar-refractivity contribution in [2.45, 2.75) is 38.2 Å². The van der Waals surface area contributed by atoms with Crippen LogP contribution < -0.4 is 0 Å². The molecule has 1 saturated carbocycles. The minimum atomic E-state index is -0.296. The van der Waals surface area contributed by atoms with Crippen LogP contribution in [0.1, 0.15) is 43.8 Å². The van der Waals surface area contributed by atoms with Crippen LogP contribution in [0, 0.1) is 5.92 Å². The Kier molecular flexibility index (Phi) is 2.89. The smallest absolute Gasteiger partial charge is 0.0824 e. The molecule has 1 atom stereocenters. The van der Waals surface area contributed by atoms with Crippen LogP contribution in [0.2, 0.25) is 0 Å². The minimum absolute atomic E-state index is 0.296. The Morgan fingerprint density at radius 3 is 2.76 bits per heavy atom. The zero-order chi connectivity index (χ0) is 11.7. The van der Waals surface area contributed by atoms with Gasteiger partial charge in [0.2, 0.25) is 0 Å². The van der Waals surface area contributed by atoms with Gasteiger partial charge in [-0.1, -0.05) is 31.4 Å². The first-order chi connectivity index (χ1) is 8.36. The van der Waals surface area contributed by atoms with Crippen molar-refractivity contribution < 1.29 is 5.11 Å². The van der Waals surface area contributed by atoms with Gasteiger partial charge < -0.3 is 10.1 Å². The molecule has 17 heavy (non-hydrogen) atoms. The number of aliphatic hydroxyl groups is 1. The van der Waals surface area contributed by atoms with Crippen LogP contribution in [0.4, 0.5) is 0 Å². The number of rotatable bonds is 2. The van der Waals surface area contributed by atoms with Crippen molar-refractivity contribution in [1.29, 1.82) is 0 Å². The number of benzene rings is 1. The van der Waals surface area contributed by atoms with Gasteiger partial charge in [-0.05, 0) is 36.5 Å². The van der Waals surface area contributed by atoms with E-state index in [0.29, 0.717) is 5.92 Å². The molecule has 0 saturated heterocycles. The number of hydrogen-bond acceptors (Lipinski definition) is 1. The predicted octanol–water partition coefficient (Wildman–Crippen LogP) is 3.78. The van der Waals surface area contributed by atoms with Crippen molar-refractivity contribution in [3.8, 4) is 0 Å². The molecule has 2 nitrogen and oxygen atoms in total. The lowest BCUT2D eigenvalue weighted by molar-refractivity contribution is 0.0861. The third-order valence-corrected chi connectivity index (χ3v) is 4.04. The normalized spacial score (nSPS) is 19.6. The van der Waals surface area contributed by atoms with E-state index in [1.54, 1.807) is 0 Å². The molecule has 1 aliphatic carbocycles. The number of aromatic nitrogens is 1. The van der Waals surface area contributed by atoms with Gasteiger partial charge in [-0.3, -0.25) is 0 Å². The van der Waals surface area contributed by atoms with Crippen LogP contribution in [0.5, 0.6) is 0 Å². The Balaban J connectivity index is 1.94. The van der Waals surface area contributed by atoms with Crippen molar-refractivity contribution in [2.24, 2.45) is 5.92 Å². The van der Waals surface area contributed by atoms with Gasteiger partial charge in [-0.15, -0.1) is 0 Å². The van der Waals surface area contributed by atoms with Crippen LogP contribution in [-0.2, 0) is 0 Å². The molecule has 2 heteroatoms. The summed E-state index contributed by atoms with van der Waals surface area (Å²) in [5.74, 6) is 0.448. The third kappa shape index (κ3) is 1.98. The molecule has 1 aromatic heterocycles. The van der Waals surface area contributed by atoms with Crippen molar-refractivity contribution >= 4 is 10.9 Å². The molecule has 3 rings (SSSR count). The molecule has 0 bridgehead atoms. The van der Waals surface area contributed by atoms with E-state index in [9.17, 15) is 5.11 Å². The Hall–Kier alpha value is -1.28. The van der Waals surface area contributed by atoms with E-state index >= 15 is 0 Å². The molecule has 1 aromatic carbocycles. The zero-order valence-electron chi connectivity index (χ0n) is 10.0. The summed E-state index contributed by atoms with van der Waals surface area (Å²) >= 11 is 0. The molecule has 1 heterocycles. The summed E-state index contributed by atoms with van der Waals surface area (Å²) in [6.45, 7) is 0. The summed E-state index contributed by atoms with van der Waals surface area (Å²) in [6, 6.07) is 8.22. The fourth-order valence-electron chi connectivity index (χ4n) is 3.07. The summed E-state index contributed by atoms with van der Waals surface area (Å²) in [6.07, 6.45) is 7.86. The number of aromatic amines is 1. The molecule has 90 valence electrons. The van der Waals surface area contributed by atoms with Gasteiger partial charge in [0.15, 0.2) is 0 Å². The lowest BCUT2D eigenvalue weighted by Crippen LogP contribution is -2.16. The molecule has 0 spiro atoms. The first kappa shape index (κ1) is 10.8. The summed E-state index contributed by atoms with van der Waals surface area (Å²) in [5, 5.41) is 11.7. The highest BCUT2D eigenvalue weighted by molar-refractivity contribution is 5.83. The van der Waals surface area contributed by atoms with Crippen LogP contribution in [-0.4, -0.2) is 10.1 Å². The largest absolute Gasteiger partial charge is 0.388 e. The van der Waals surface area contributed by atoms with Crippen molar-refractivity contribution in [3.63, 3.8) is 0 Å². The lowest BCUT2D eigenvalue weighted by Gasteiger charge is -2.27. The van der Waals surface area contributed by atoms with E-state index in [0.717, 1.165) is 11.1 Å². The summed E-state index contributed by atoms with van der Waals surface area (Å²) in [4.78, 5) is 3.21. The van der Waals surface area contributed by atoms with Gasteiger partial charge in [0.25, 0.3) is 0 Å². The van der Waals surface area contributed by atoms with E-state index in [1.165, 1.54) is 37.5 Å². The summed E-state index contributed by atoms with van der Waals surface area (Å²) in [7, 11) is 0. The third-order valence-electron chi connectivity index (χ3n) is 4.04. The van der Waals surface area contributed by atoms with Crippen LogP contribution in [0.3, 0.4) is 0 Å². The van der Waals surface area contributed by atoms with Gasteiger partial charge in [0, 0.05) is 17.1 Å². The van der Waals surface area contributed by atoms with E-state index in [1.807, 2.05) is 12.3 Å². The number of nitrogens with one attached hydrogen (secondary N) is 1. The van der Waals surface area contributed by atoms with Gasteiger partial charge >= 0.3 is 0 Å². The standard InChI is InChI=1S/C15H19NO/c17-15(11-5-2-1-3-6-11)13-7-4-8-14-12(13)9-10-16-14/h4,7-11,15-17H,1-3,5-6H2.